The molecule has 1 heterocycles. The van der Waals surface area contributed by atoms with Crippen LogP contribution in [0.1, 0.15) is 12.5 Å². The monoisotopic (exact) mass is 236 g/mol. The number of benzene rings is 1. The zero-order valence-corrected chi connectivity index (χ0v) is 9.70. The van der Waals surface area contributed by atoms with E-state index in [4.69, 9.17) is 9.47 Å². The Morgan fingerprint density at radius 1 is 1.47 bits per heavy atom. The third kappa shape index (κ3) is 2.84. The molecule has 4 heteroatoms. The van der Waals surface area contributed by atoms with Crippen LogP contribution in [0.2, 0.25) is 0 Å². The lowest BCUT2D eigenvalue weighted by molar-refractivity contribution is -0.159. The highest BCUT2D eigenvalue weighted by molar-refractivity contribution is 5.75. The summed E-state index contributed by atoms with van der Waals surface area (Å²) in [5.74, 6) is -0.519. The van der Waals surface area contributed by atoms with Gasteiger partial charge in [0.15, 0.2) is 6.10 Å². The van der Waals surface area contributed by atoms with Crippen LogP contribution in [0.3, 0.4) is 0 Å². The van der Waals surface area contributed by atoms with Gasteiger partial charge < -0.3 is 14.6 Å². The molecule has 0 saturated carbocycles. The third-order valence-corrected chi connectivity index (χ3v) is 2.89. The molecule has 0 unspecified atom stereocenters. The summed E-state index contributed by atoms with van der Waals surface area (Å²) in [6.07, 6.45) is -1.60. The molecule has 0 aromatic heterocycles. The number of carbonyl (C=O) groups is 1. The Hall–Kier alpha value is -1.39. The Bertz CT molecular complexity index is 376. The van der Waals surface area contributed by atoms with Crippen LogP contribution in [-0.2, 0) is 20.9 Å². The first kappa shape index (κ1) is 12.1. The molecule has 0 spiro atoms. The van der Waals surface area contributed by atoms with Gasteiger partial charge in [0.2, 0.25) is 0 Å². The average Bonchev–Trinajstić information content (AvgIpc) is 2.69. The van der Waals surface area contributed by atoms with Crippen molar-refractivity contribution in [1.29, 1.82) is 0 Å². The molecular formula is C13H16O4. The number of aliphatic hydroxyl groups is 1. The Morgan fingerprint density at radius 3 is 2.76 bits per heavy atom. The van der Waals surface area contributed by atoms with Crippen LogP contribution < -0.4 is 0 Å². The van der Waals surface area contributed by atoms with Gasteiger partial charge in [-0.3, -0.25) is 0 Å². The maximum atomic E-state index is 11.7. The predicted octanol–water partition coefficient (Wildman–Crippen LogP) is 1.13. The van der Waals surface area contributed by atoms with Gasteiger partial charge in [-0.2, -0.15) is 0 Å². The average molecular weight is 236 g/mol. The molecule has 1 aromatic rings. The summed E-state index contributed by atoms with van der Waals surface area (Å²) in [5, 5.41) is 9.70. The van der Waals surface area contributed by atoms with Crippen LogP contribution in [0.15, 0.2) is 30.3 Å². The van der Waals surface area contributed by atoms with E-state index in [1.807, 2.05) is 37.3 Å². The van der Waals surface area contributed by atoms with Crippen molar-refractivity contribution in [3.05, 3.63) is 35.9 Å². The summed E-state index contributed by atoms with van der Waals surface area (Å²) in [7, 11) is 0. The third-order valence-electron chi connectivity index (χ3n) is 2.89. The summed E-state index contributed by atoms with van der Waals surface area (Å²) in [4.78, 5) is 11.7. The van der Waals surface area contributed by atoms with E-state index in [1.54, 1.807) is 0 Å². The van der Waals surface area contributed by atoms with Crippen LogP contribution in [0.25, 0.3) is 0 Å². The van der Waals surface area contributed by atoms with Crippen molar-refractivity contribution in [1.82, 2.24) is 0 Å². The molecule has 1 aliphatic heterocycles. The minimum atomic E-state index is -0.839. The molecule has 1 aliphatic rings. The van der Waals surface area contributed by atoms with Crippen LogP contribution in [0, 0.1) is 5.92 Å². The number of rotatable bonds is 3. The fourth-order valence-corrected chi connectivity index (χ4v) is 1.77. The highest BCUT2D eigenvalue weighted by Gasteiger charge is 2.39. The summed E-state index contributed by atoms with van der Waals surface area (Å²) in [6.45, 7) is 2.45. The van der Waals surface area contributed by atoms with Crippen molar-refractivity contribution in [3.63, 3.8) is 0 Å². The molecule has 2 rings (SSSR count). The number of carbonyl (C=O) groups excluding carboxylic acids is 1. The van der Waals surface area contributed by atoms with Gasteiger partial charge in [-0.15, -0.1) is 0 Å². The first-order valence-corrected chi connectivity index (χ1v) is 5.68. The number of hydrogen-bond acceptors (Lipinski definition) is 4. The fourth-order valence-electron chi connectivity index (χ4n) is 1.77. The van der Waals surface area contributed by atoms with E-state index >= 15 is 0 Å². The standard InChI is InChI=1S/C13H16O4/c1-9-7-16-12(11(9)14)13(15)17-8-10-5-3-2-4-6-10/h2-6,9,11-12,14H,7-8H2,1H3/t9-,11-,12-/m1/s1. The lowest BCUT2D eigenvalue weighted by Gasteiger charge is -2.14. The van der Waals surface area contributed by atoms with Gasteiger partial charge in [0.05, 0.1) is 12.7 Å². The smallest absolute Gasteiger partial charge is 0.338 e. The second kappa shape index (κ2) is 5.29. The molecule has 0 radical (unpaired) electrons. The Labute approximate surface area is 100 Å². The highest BCUT2D eigenvalue weighted by Crippen LogP contribution is 2.21. The molecular weight excluding hydrogens is 220 g/mol. The first-order chi connectivity index (χ1) is 8.18. The molecule has 0 amide bonds. The summed E-state index contributed by atoms with van der Waals surface area (Å²) in [5.41, 5.74) is 0.918. The van der Waals surface area contributed by atoms with Crippen molar-refractivity contribution in [2.45, 2.75) is 25.7 Å². The van der Waals surface area contributed by atoms with Gasteiger partial charge in [0.1, 0.15) is 6.61 Å². The van der Waals surface area contributed by atoms with Crippen LogP contribution in [0.4, 0.5) is 0 Å². The SMILES string of the molecule is C[C@@H]1CO[C@@H](C(=O)OCc2ccccc2)[C@@H]1O. The predicted molar refractivity (Wildman–Crippen MR) is 61.1 cm³/mol. The van der Waals surface area contributed by atoms with Crippen LogP contribution in [0.5, 0.6) is 0 Å². The highest BCUT2D eigenvalue weighted by atomic mass is 16.6. The summed E-state index contributed by atoms with van der Waals surface area (Å²) < 4.78 is 10.3. The quantitative estimate of drug-likeness (QED) is 0.799. The van der Waals surface area contributed by atoms with E-state index in [2.05, 4.69) is 0 Å². The number of esters is 1. The maximum absolute atomic E-state index is 11.7. The van der Waals surface area contributed by atoms with Gasteiger partial charge in [-0.25, -0.2) is 4.79 Å². The van der Waals surface area contributed by atoms with E-state index in [1.165, 1.54) is 0 Å². The van der Waals surface area contributed by atoms with Crippen molar-refractivity contribution < 1.29 is 19.4 Å². The molecule has 1 saturated heterocycles. The maximum Gasteiger partial charge on any atom is 0.338 e. The van der Waals surface area contributed by atoms with E-state index in [-0.39, 0.29) is 12.5 Å². The van der Waals surface area contributed by atoms with Crippen LogP contribution >= 0.6 is 0 Å². The zero-order valence-electron chi connectivity index (χ0n) is 9.70. The van der Waals surface area contributed by atoms with Gasteiger partial charge in [0.25, 0.3) is 0 Å². The number of hydrogen-bond donors (Lipinski definition) is 1. The molecule has 1 N–H and O–H groups in total. The van der Waals surface area contributed by atoms with Crippen molar-refractivity contribution >= 4 is 5.97 Å². The van der Waals surface area contributed by atoms with Gasteiger partial charge >= 0.3 is 5.97 Å². The second-order valence-electron chi connectivity index (χ2n) is 4.32. The van der Waals surface area contributed by atoms with Gasteiger partial charge in [-0.1, -0.05) is 37.3 Å². The topological polar surface area (TPSA) is 55.8 Å². The first-order valence-electron chi connectivity index (χ1n) is 5.68. The van der Waals surface area contributed by atoms with Crippen molar-refractivity contribution in [2.24, 2.45) is 5.92 Å². The number of ether oxygens (including phenoxy) is 2. The molecule has 92 valence electrons. The minimum absolute atomic E-state index is 0.0238. The normalized spacial score (nSPS) is 28.0. The molecule has 4 nitrogen and oxygen atoms in total. The second-order valence-corrected chi connectivity index (χ2v) is 4.32. The molecule has 0 bridgehead atoms. The van der Waals surface area contributed by atoms with Crippen molar-refractivity contribution in [2.75, 3.05) is 6.61 Å². The number of aliphatic hydroxyl groups excluding tert-OH is 1. The van der Waals surface area contributed by atoms with E-state index < -0.39 is 18.2 Å². The summed E-state index contributed by atoms with van der Waals surface area (Å²) in [6, 6.07) is 9.42. The lowest BCUT2D eigenvalue weighted by atomic mass is 10.0. The van der Waals surface area contributed by atoms with Crippen molar-refractivity contribution in [3.8, 4) is 0 Å². The lowest BCUT2D eigenvalue weighted by Crippen LogP contribution is -2.34. The Balaban J connectivity index is 1.86. The van der Waals surface area contributed by atoms with Gasteiger partial charge in [0, 0.05) is 5.92 Å². The Morgan fingerprint density at radius 2 is 2.18 bits per heavy atom. The van der Waals surface area contributed by atoms with Gasteiger partial charge in [-0.05, 0) is 5.56 Å². The summed E-state index contributed by atoms with van der Waals surface area (Å²) >= 11 is 0. The largest absolute Gasteiger partial charge is 0.459 e. The molecule has 0 aliphatic carbocycles. The molecule has 3 atom stereocenters. The molecule has 17 heavy (non-hydrogen) atoms. The zero-order chi connectivity index (χ0) is 12.3. The molecule has 1 fully saturated rings. The van der Waals surface area contributed by atoms with E-state index in [9.17, 15) is 9.90 Å². The minimum Gasteiger partial charge on any atom is -0.459 e. The van der Waals surface area contributed by atoms with Crippen LogP contribution in [-0.4, -0.2) is 29.9 Å². The fraction of sp³-hybridized carbons (Fsp3) is 0.462. The van der Waals surface area contributed by atoms with E-state index in [0.717, 1.165) is 5.56 Å². The van der Waals surface area contributed by atoms with E-state index in [0.29, 0.717) is 6.61 Å². The molecule has 1 aromatic carbocycles. The Kier molecular flexibility index (Phi) is 3.76.